The normalized spacial score (nSPS) is 18.8. The van der Waals surface area contributed by atoms with Gasteiger partial charge in [0.05, 0.1) is 30.4 Å². The number of ether oxygens (including phenoxy) is 1. The fourth-order valence-electron chi connectivity index (χ4n) is 9.72. The number of imide groups is 2. The number of anilines is 4. The number of para-hydroxylation sites is 1. The van der Waals surface area contributed by atoms with Crippen LogP contribution in [0.2, 0.25) is 0 Å². The van der Waals surface area contributed by atoms with Crippen LogP contribution in [0.15, 0.2) is 79.0 Å². The lowest BCUT2D eigenvalue weighted by Gasteiger charge is -2.37. The Hall–Kier alpha value is -7.08. The molecule has 6 heterocycles. The van der Waals surface area contributed by atoms with Crippen molar-refractivity contribution >= 4 is 46.5 Å². The van der Waals surface area contributed by atoms with Crippen LogP contribution in [-0.2, 0) is 22.7 Å². The van der Waals surface area contributed by atoms with E-state index in [1.165, 1.54) is 43.5 Å². The van der Waals surface area contributed by atoms with Gasteiger partial charge in [-0.25, -0.2) is 0 Å². The van der Waals surface area contributed by atoms with Crippen LogP contribution in [0, 0.1) is 0 Å². The van der Waals surface area contributed by atoms with Crippen molar-refractivity contribution in [1.29, 1.82) is 0 Å². The number of unbranched alkanes of at least 4 members (excludes halogenated alkanes) is 6. The zero-order valence-electron chi connectivity index (χ0n) is 38.4. The van der Waals surface area contributed by atoms with Crippen LogP contribution < -0.4 is 30.9 Å². The van der Waals surface area contributed by atoms with Gasteiger partial charge in [0, 0.05) is 74.4 Å². The summed E-state index contributed by atoms with van der Waals surface area (Å²) < 4.78 is 8.24. The van der Waals surface area contributed by atoms with Gasteiger partial charge in [0.25, 0.3) is 11.8 Å². The van der Waals surface area contributed by atoms with Gasteiger partial charge in [-0.1, -0.05) is 55.5 Å². The van der Waals surface area contributed by atoms with E-state index in [4.69, 9.17) is 10.5 Å². The first-order valence-corrected chi connectivity index (χ1v) is 24.1. The molecule has 3 fully saturated rings. The Balaban J connectivity index is 0.627. The average Bonchev–Trinajstić information content (AvgIpc) is 3.92. The number of piperidine rings is 2. The third kappa shape index (κ3) is 10.7. The third-order valence-corrected chi connectivity index (χ3v) is 13.5. The van der Waals surface area contributed by atoms with E-state index in [-0.39, 0.29) is 41.6 Å². The van der Waals surface area contributed by atoms with Crippen LogP contribution in [0.25, 0.3) is 11.3 Å². The first-order chi connectivity index (χ1) is 33.2. The van der Waals surface area contributed by atoms with Crippen LogP contribution in [0.3, 0.4) is 0 Å². The van der Waals surface area contributed by atoms with Crippen LogP contribution in [0.5, 0.6) is 11.5 Å². The number of nitrogens with zero attached hydrogens (tertiary/aromatic N) is 9. The Labute approximate surface area is 395 Å². The van der Waals surface area contributed by atoms with Crippen molar-refractivity contribution in [2.45, 2.75) is 95.9 Å². The van der Waals surface area contributed by atoms with Crippen LogP contribution >= 0.6 is 0 Å². The molecule has 0 aliphatic carbocycles. The summed E-state index contributed by atoms with van der Waals surface area (Å²) >= 11 is 0. The van der Waals surface area contributed by atoms with Crippen molar-refractivity contribution in [2.24, 2.45) is 0 Å². The van der Waals surface area contributed by atoms with E-state index in [0.717, 1.165) is 82.9 Å². The fourth-order valence-corrected chi connectivity index (χ4v) is 9.72. The fraction of sp³-hybridized carbons (Fsp3) is 0.440. The summed E-state index contributed by atoms with van der Waals surface area (Å²) in [7, 11) is 0. The average molecular weight is 925 g/mol. The third-order valence-electron chi connectivity index (χ3n) is 13.5. The molecule has 0 spiro atoms. The maximum atomic E-state index is 13.4. The summed E-state index contributed by atoms with van der Waals surface area (Å²) in [5.41, 5.74) is 11.4. The van der Waals surface area contributed by atoms with Gasteiger partial charge in [0.15, 0.2) is 11.6 Å². The topological polar surface area (TPSA) is 217 Å². The molecule has 2 aromatic heterocycles. The number of nitrogens with two attached hydrogens (primary N) is 1. The van der Waals surface area contributed by atoms with E-state index in [1.54, 1.807) is 42.5 Å². The van der Waals surface area contributed by atoms with Crippen molar-refractivity contribution < 1.29 is 29.0 Å². The van der Waals surface area contributed by atoms with E-state index in [2.05, 4.69) is 70.1 Å². The van der Waals surface area contributed by atoms with Gasteiger partial charge in [-0.05, 0) is 87.2 Å². The number of phenols is 1. The van der Waals surface area contributed by atoms with Crippen molar-refractivity contribution in [3.63, 3.8) is 0 Å². The second kappa shape index (κ2) is 21.3. The minimum Gasteiger partial charge on any atom is -0.507 e. The number of benzene rings is 3. The Morgan fingerprint density at radius 3 is 2.24 bits per heavy atom. The zero-order valence-corrected chi connectivity index (χ0v) is 38.4. The van der Waals surface area contributed by atoms with Gasteiger partial charge in [0.2, 0.25) is 11.8 Å². The quantitative estimate of drug-likeness (QED) is 0.0583. The van der Waals surface area contributed by atoms with Gasteiger partial charge >= 0.3 is 0 Å². The number of phenolic OH excluding ortho intramolecular Hbond substituents is 1. The highest BCUT2D eigenvalue weighted by atomic mass is 16.5. The first kappa shape index (κ1) is 46.0. The van der Waals surface area contributed by atoms with Crippen LogP contribution in [0.1, 0.15) is 97.0 Å². The maximum Gasteiger partial charge on any atom is 0.264 e. The van der Waals surface area contributed by atoms with Crippen molar-refractivity contribution in [3.8, 4) is 22.8 Å². The summed E-state index contributed by atoms with van der Waals surface area (Å²) in [5.74, 6) is -1.27. The lowest BCUT2D eigenvalue weighted by atomic mass is 10.0. The molecule has 2 atom stereocenters. The van der Waals surface area contributed by atoms with E-state index >= 15 is 0 Å². The number of hydrogen-bond acceptors (Lipinski definition) is 15. The van der Waals surface area contributed by atoms with Crippen LogP contribution in [0.4, 0.5) is 22.9 Å². The van der Waals surface area contributed by atoms with Crippen molar-refractivity contribution in [3.05, 3.63) is 95.8 Å². The molecular formula is C50H60N12O6. The number of fused-ring (bicyclic) bond motifs is 1. The number of hydrogen-bond donors (Lipinski definition) is 4. The van der Waals surface area contributed by atoms with E-state index < -0.39 is 29.7 Å². The second-order valence-electron chi connectivity index (χ2n) is 18.1. The molecule has 0 saturated carbocycles. The molecule has 3 aromatic carbocycles. The Morgan fingerprint density at radius 2 is 1.47 bits per heavy atom. The van der Waals surface area contributed by atoms with Gasteiger partial charge < -0.3 is 30.7 Å². The standard InChI is InChI=1S/C50H60N12O6/c51-47-44(30-41(55-56-47)38-13-6-7-16-43(38)63)68-37-12-11-24-60(33-37)36-19-17-35(18-20-36)59-28-26-58(27-29-59)23-8-4-2-1-3-5-9-25-61-32-34(54-57-61)31-52-40-15-10-14-39-46(40)50(67)62(49(39)66)42-21-22-45(64)53-48(42)65/h6-7,10,13-20,30,32,37,42,52,63H,1-5,8-9,11-12,21-29,31,33H2,(H2,51,56)(H,53,64,65)/t37-,42?/m0/s1. The number of rotatable bonds is 19. The molecular weight excluding hydrogens is 865 g/mol. The van der Waals surface area contributed by atoms with Gasteiger partial charge in [-0.15, -0.1) is 15.3 Å². The number of aryl methyl sites for hydroxylation is 1. The molecule has 4 aliphatic heterocycles. The molecule has 3 saturated heterocycles. The predicted octanol–water partition coefficient (Wildman–Crippen LogP) is 5.64. The number of amides is 4. The molecule has 5 aromatic rings. The molecule has 4 aliphatic rings. The van der Waals surface area contributed by atoms with E-state index in [1.807, 2.05) is 16.9 Å². The number of aromatic nitrogens is 5. The number of piperazine rings is 1. The number of carbonyl (C=O) groups is 4. The lowest BCUT2D eigenvalue weighted by molar-refractivity contribution is -0.136. The number of aromatic hydroxyl groups is 1. The summed E-state index contributed by atoms with van der Waals surface area (Å²) in [4.78, 5) is 59.1. The van der Waals surface area contributed by atoms with Crippen molar-refractivity contribution in [2.75, 3.05) is 66.7 Å². The van der Waals surface area contributed by atoms with E-state index in [9.17, 15) is 24.3 Å². The van der Waals surface area contributed by atoms with Crippen molar-refractivity contribution in [1.82, 2.24) is 40.3 Å². The molecule has 18 nitrogen and oxygen atoms in total. The summed E-state index contributed by atoms with van der Waals surface area (Å²) in [6.45, 7) is 8.15. The van der Waals surface area contributed by atoms with Gasteiger partial charge in [0.1, 0.15) is 29.3 Å². The Bertz CT molecular complexity index is 2600. The molecule has 0 bridgehead atoms. The molecule has 5 N–H and O–H groups in total. The summed E-state index contributed by atoms with van der Waals surface area (Å²) in [6, 6.07) is 21.7. The van der Waals surface area contributed by atoms with Gasteiger partial charge in [-0.3, -0.25) is 39.0 Å². The maximum absolute atomic E-state index is 13.4. The SMILES string of the molecule is Nc1nnc(-c2ccccc2O)cc1O[C@H]1CCCN(c2ccc(N3CCN(CCCCCCCCCn4cc(CNc5cccc6c5C(=O)N(C5CCC(=O)NC5=O)C6=O)nn4)CC3)cc2)C1. The largest absolute Gasteiger partial charge is 0.507 e. The molecule has 4 amide bonds. The first-order valence-electron chi connectivity index (χ1n) is 24.1. The highest BCUT2D eigenvalue weighted by Crippen LogP contribution is 2.34. The Kier molecular flexibility index (Phi) is 14.4. The summed E-state index contributed by atoms with van der Waals surface area (Å²) in [6.07, 6.45) is 12.2. The summed E-state index contributed by atoms with van der Waals surface area (Å²) in [5, 5.41) is 32.7. The monoisotopic (exact) mass is 924 g/mol. The predicted molar refractivity (Wildman–Crippen MR) is 257 cm³/mol. The minimum atomic E-state index is -1.01. The Morgan fingerprint density at radius 1 is 0.750 bits per heavy atom. The smallest absolute Gasteiger partial charge is 0.264 e. The number of nitrogen functional groups attached to an aromatic ring is 1. The highest BCUT2D eigenvalue weighted by molar-refractivity contribution is 6.25. The molecule has 9 rings (SSSR count). The van der Waals surface area contributed by atoms with Gasteiger partial charge in [-0.2, -0.15) is 0 Å². The van der Waals surface area contributed by atoms with Crippen LogP contribution in [-0.4, -0.2) is 122 Å². The molecule has 0 radical (unpaired) electrons. The minimum absolute atomic E-state index is 0.0500. The van der Waals surface area contributed by atoms with E-state index in [0.29, 0.717) is 34.9 Å². The lowest BCUT2D eigenvalue weighted by Crippen LogP contribution is -2.54. The molecule has 68 heavy (non-hydrogen) atoms. The number of carbonyl (C=O) groups excluding carboxylic acids is 4. The second-order valence-corrected chi connectivity index (χ2v) is 18.1. The number of nitrogens with one attached hydrogen (secondary N) is 2. The highest BCUT2D eigenvalue weighted by Gasteiger charge is 2.45. The molecule has 1 unspecified atom stereocenters. The molecule has 356 valence electrons. The molecule has 18 heteroatoms. The zero-order chi connectivity index (χ0) is 47.0.